The van der Waals surface area contributed by atoms with Gasteiger partial charge >= 0.3 is 17.9 Å². The van der Waals surface area contributed by atoms with Gasteiger partial charge in [-0.05, 0) is 71.6 Å². The number of aliphatic hydroxyl groups excluding tert-OH is 2. The molecular formula is C32H44O11. The van der Waals surface area contributed by atoms with Crippen molar-refractivity contribution in [1.82, 2.24) is 0 Å². The van der Waals surface area contributed by atoms with Gasteiger partial charge in [0.05, 0.1) is 6.10 Å². The highest BCUT2D eigenvalue weighted by molar-refractivity contribution is 5.68. The molecule has 1 heterocycles. The van der Waals surface area contributed by atoms with Crippen molar-refractivity contribution in [3.63, 3.8) is 0 Å². The van der Waals surface area contributed by atoms with Crippen LogP contribution in [0.3, 0.4) is 0 Å². The van der Waals surface area contributed by atoms with Gasteiger partial charge in [0.2, 0.25) is 18.7 Å². The van der Waals surface area contributed by atoms with Gasteiger partial charge in [-0.3, -0.25) is 19.1 Å². The lowest BCUT2D eigenvalue weighted by atomic mass is 10.0. The van der Waals surface area contributed by atoms with E-state index < -0.39 is 54.9 Å². The molecule has 11 heteroatoms. The molecule has 0 bridgehead atoms. The highest BCUT2D eigenvalue weighted by Gasteiger charge is 2.52. The molecule has 1 saturated heterocycles. The molecule has 1 aromatic rings. The van der Waals surface area contributed by atoms with Crippen LogP contribution in [-0.4, -0.2) is 70.2 Å². The van der Waals surface area contributed by atoms with Crippen LogP contribution in [0.4, 0.5) is 0 Å². The number of aliphatic hydroxyl groups is 2. The maximum Gasteiger partial charge on any atom is 0.305 e. The first kappa shape index (κ1) is 35.5. The van der Waals surface area contributed by atoms with E-state index in [4.69, 9.17) is 23.7 Å². The topological polar surface area (TPSA) is 158 Å². The van der Waals surface area contributed by atoms with Crippen molar-refractivity contribution in [3.05, 3.63) is 58.7 Å². The van der Waals surface area contributed by atoms with Crippen LogP contribution in [0.25, 0.3) is 0 Å². The molecule has 0 saturated carbocycles. The van der Waals surface area contributed by atoms with E-state index in [0.29, 0.717) is 18.4 Å². The van der Waals surface area contributed by atoms with Gasteiger partial charge in [0, 0.05) is 26.3 Å². The van der Waals surface area contributed by atoms with E-state index in [1.165, 1.54) is 18.2 Å². The Bertz CT molecular complexity index is 1210. The molecule has 1 fully saturated rings. The van der Waals surface area contributed by atoms with Crippen molar-refractivity contribution >= 4 is 17.9 Å². The van der Waals surface area contributed by atoms with E-state index in [1.54, 1.807) is 0 Å². The summed E-state index contributed by atoms with van der Waals surface area (Å²) < 4.78 is 27.2. The maximum absolute atomic E-state index is 11.8. The van der Waals surface area contributed by atoms with Gasteiger partial charge in [0.1, 0.15) is 11.5 Å². The van der Waals surface area contributed by atoms with Crippen LogP contribution in [-0.2, 0) is 39.8 Å². The molecule has 6 atom stereocenters. The zero-order valence-corrected chi connectivity index (χ0v) is 25.9. The van der Waals surface area contributed by atoms with Crippen molar-refractivity contribution in [2.24, 2.45) is 0 Å². The smallest absolute Gasteiger partial charge is 0.305 e. The van der Waals surface area contributed by atoms with Gasteiger partial charge in [0.15, 0.2) is 12.2 Å². The molecule has 43 heavy (non-hydrogen) atoms. The summed E-state index contributed by atoms with van der Waals surface area (Å²) in [5, 5.41) is 31.3. The van der Waals surface area contributed by atoms with E-state index >= 15 is 0 Å². The number of phenolic OH excluding ortho intramolecular Hbond substituents is 1. The minimum Gasteiger partial charge on any atom is -0.508 e. The molecule has 11 nitrogen and oxygen atoms in total. The number of hydrogen-bond donors (Lipinski definition) is 3. The quantitative estimate of drug-likeness (QED) is 0.169. The summed E-state index contributed by atoms with van der Waals surface area (Å²) in [6.45, 7) is 11.2. The summed E-state index contributed by atoms with van der Waals surface area (Å²) in [4.78, 5) is 35.3. The molecule has 238 valence electrons. The van der Waals surface area contributed by atoms with Gasteiger partial charge in [-0.2, -0.15) is 0 Å². The van der Waals surface area contributed by atoms with Crippen molar-refractivity contribution in [2.75, 3.05) is 0 Å². The molecule has 0 radical (unpaired) electrons. The van der Waals surface area contributed by atoms with Gasteiger partial charge in [-0.15, -0.1) is 0 Å². The molecule has 1 aliphatic heterocycles. The third kappa shape index (κ3) is 12.2. The number of esters is 3. The van der Waals surface area contributed by atoms with E-state index in [0.717, 1.165) is 50.3 Å². The molecule has 0 aliphatic carbocycles. The van der Waals surface area contributed by atoms with Gasteiger partial charge in [0.25, 0.3) is 0 Å². The molecule has 3 N–H and O–H groups in total. The van der Waals surface area contributed by atoms with Crippen molar-refractivity contribution in [1.29, 1.82) is 0 Å². The van der Waals surface area contributed by atoms with Gasteiger partial charge in [-0.25, -0.2) is 0 Å². The average molecular weight is 605 g/mol. The second kappa shape index (κ2) is 16.8. The first-order chi connectivity index (χ1) is 20.2. The number of ether oxygens (including phenoxy) is 5. The summed E-state index contributed by atoms with van der Waals surface area (Å²) in [6.07, 6.45) is 0.353. The van der Waals surface area contributed by atoms with Crippen LogP contribution < -0.4 is 4.74 Å². The molecular weight excluding hydrogens is 560 g/mol. The van der Waals surface area contributed by atoms with E-state index in [-0.39, 0.29) is 11.5 Å². The Hall–Kier alpha value is -3.67. The largest absolute Gasteiger partial charge is 0.508 e. The summed E-state index contributed by atoms with van der Waals surface area (Å²) in [7, 11) is 0. The lowest BCUT2D eigenvalue weighted by Crippen LogP contribution is -2.62. The fourth-order valence-electron chi connectivity index (χ4n) is 4.55. The Kier molecular flexibility index (Phi) is 13.9. The normalized spacial score (nSPS) is 23.1. The lowest BCUT2D eigenvalue weighted by Gasteiger charge is -2.42. The van der Waals surface area contributed by atoms with Crippen molar-refractivity contribution < 1.29 is 53.4 Å². The standard InChI is InChI=1S/C32H44O11/c1-18(2)15-26(37)16-20(4)10-8-9-19(3)11-12-24-17-25(36)13-14-27(24)42-31-28(38)29(39-21(5)33)30(40-22(6)34)32(43-31)41-23(7)35/h10-11,13-15,17,26,28-32,36-38H,8-9,12,16H2,1-7H3/b19-11+,20-10+/t26-,28+,29+,30+,31+,32-/m0/s1. The number of carbonyl (C=O) groups is 3. The Morgan fingerprint density at radius 1 is 0.884 bits per heavy atom. The third-order valence-electron chi connectivity index (χ3n) is 6.41. The number of carbonyl (C=O) groups excluding carboxylic acids is 3. The highest BCUT2D eigenvalue weighted by atomic mass is 16.8. The maximum atomic E-state index is 11.8. The van der Waals surface area contributed by atoms with Crippen LogP contribution in [0.1, 0.15) is 73.3 Å². The minimum atomic E-state index is -1.63. The van der Waals surface area contributed by atoms with Crippen molar-refractivity contribution in [3.8, 4) is 11.5 Å². The Morgan fingerprint density at radius 3 is 2.12 bits per heavy atom. The Labute approximate surface area is 252 Å². The monoisotopic (exact) mass is 604 g/mol. The van der Waals surface area contributed by atoms with Crippen LogP contribution >= 0.6 is 0 Å². The summed E-state index contributed by atoms with van der Waals surface area (Å²) in [5.41, 5.74) is 3.83. The van der Waals surface area contributed by atoms with Crippen LogP contribution in [0, 0.1) is 0 Å². The molecule has 0 unspecified atom stereocenters. The summed E-state index contributed by atoms with van der Waals surface area (Å²) >= 11 is 0. The summed E-state index contributed by atoms with van der Waals surface area (Å²) in [6, 6.07) is 4.40. The van der Waals surface area contributed by atoms with E-state index in [2.05, 4.69) is 6.08 Å². The SMILES string of the molecule is CC(=O)O[C@H]1O[C@@H](Oc2ccc(O)cc2C/C=C(\C)CC/C=C(\C)C[C@@H](O)C=C(C)C)[C@H](O)[C@@H](OC(C)=O)[C@H]1OC(C)=O. The fraction of sp³-hybridized carbons (Fsp3) is 0.531. The first-order valence-electron chi connectivity index (χ1n) is 14.1. The molecule has 2 rings (SSSR count). The first-order valence-corrected chi connectivity index (χ1v) is 14.1. The Balaban J connectivity index is 2.20. The van der Waals surface area contributed by atoms with Crippen molar-refractivity contribution in [2.45, 2.75) is 111 Å². The van der Waals surface area contributed by atoms with Crippen LogP contribution in [0.2, 0.25) is 0 Å². The second-order valence-electron chi connectivity index (χ2n) is 10.9. The number of benzene rings is 1. The van der Waals surface area contributed by atoms with Crippen LogP contribution in [0.15, 0.2) is 53.1 Å². The average Bonchev–Trinajstić information content (AvgIpc) is 2.87. The number of rotatable bonds is 13. The highest BCUT2D eigenvalue weighted by Crippen LogP contribution is 2.32. The fourth-order valence-corrected chi connectivity index (χ4v) is 4.55. The number of hydrogen-bond acceptors (Lipinski definition) is 11. The third-order valence-corrected chi connectivity index (χ3v) is 6.41. The minimum absolute atomic E-state index is 0.00232. The molecule has 1 aliphatic rings. The number of aromatic hydroxyl groups is 1. The predicted molar refractivity (Wildman–Crippen MR) is 157 cm³/mol. The molecule has 0 spiro atoms. The summed E-state index contributed by atoms with van der Waals surface area (Å²) in [5.74, 6) is -2.06. The Morgan fingerprint density at radius 2 is 1.51 bits per heavy atom. The van der Waals surface area contributed by atoms with Crippen LogP contribution in [0.5, 0.6) is 11.5 Å². The van der Waals surface area contributed by atoms with E-state index in [1.807, 2.05) is 39.8 Å². The number of allylic oxidation sites excluding steroid dienone is 4. The lowest BCUT2D eigenvalue weighted by molar-refractivity contribution is -0.327. The van der Waals surface area contributed by atoms with E-state index in [9.17, 15) is 29.7 Å². The molecule has 0 aromatic heterocycles. The van der Waals surface area contributed by atoms with Gasteiger partial charge in [-0.1, -0.05) is 34.9 Å². The molecule has 1 aromatic carbocycles. The zero-order chi connectivity index (χ0) is 32.3. The number of phenols is 1. The predicted octanol–water partition coefficient (Wildman–Crippen LogP) is 4.17. The zero-order valence-electron chi connectivity index (χ0n) is 25.9. The second-order valence-corrected chi connectivity index (χ2v) is 10.9. The molecule has 0 amide bonds. The van der Waals surface area contributed by atoms with Gasteiger partial charge < -0.3 is 34.3 Å².